The van der Waals surface area contributed by atoms with Crippen LogP contribution in [0.4, 0.5) is 11.4 Å². The van der Waals surface area contributed by atoms with Gasteiger partial charge in [0.15, 0.2) is 0 Å². The number of hydrogen-bond acceptors (Lipinski definition) is 4. The summed E-state index contributed by atoms with van der Waals surface area (Å²) in [6, 6.07) is 20.7. The van der Waals surface area contributed by atoms with E-state index in [0.29, 0.717) is 31.9 Å². The minimum atomic E-state index is -3.58. The SMILES string of the molecule is C=CC(=O)Nc1ccc(S(=O)(=O)N2CCN(c3ccc4ccccc4c3)CC2)cc1. The lowest BCUT2D eigenvalue weighted by molar-refractivity contribution is -0.111. The van der Waals surface area contributed by atoms with Gasteiger partial charge in [0.2, 0.25) is 15.9 Å². The minimum absolute atomic E-state index is 0.221. The molecule has 0 bridgehead atoms. The van der Waals surface area contributed by atoms with Gasteiger partial charge in [0.1, 0.15) is 0 Å². The van der Waals surface area contributed by atoms with E-state index in [1.807, 2.05) is 12.1 Å². The lowest BCUT2D eigenvalue weighted by atomic mass is 10.1. The van der Waals surface area contributed by atoms with Crippen molar-refractivity contribution in [1.82, 2.24) is 4.31 Å². The Kier molecular flexibility index (Phi) is 5.57. The van der Waals surface area contributed by atoms with E-state index in [4.69, 9.17) is 0 Å². The fourth-order valence-corrected chi connectivity index (χ4v) is 5.03. The maximum atomic E-state index is 13.0. The molecule has 0 unspecified atom stereocenters. The third kappa shape index (κ3) is 4.08. The van der Waals surface area contributed by atoms with E-state index in [9.17, 15) is 13.2 Å². The van der Waals surface area contributed by atoms with Gasteiger partial charge in [0.25, 0.3) is 0 Å². The molecule has 0 radical (unpaired) electrons. The van der Waals surface area contributed by atoms with Gasteiger partial charge in [-0.25, -0.2) is 8.42 Å². The van der Waals surface area contributed by atoms with Crippen molar-refractivity contribution in [2.24, 2.45) is 0 Å². The molecular weight excluding hydrogens is 398 g/mol. The molecule has 6 nitrogen and oxygen atoms in total. The third-order valence-electron chi connectivity index (χ3n) is 5.28. The maximum absolute atomic E-state index is 13.0. The molecule has 1 aliphatic rings. The Hall–Kier alpha value is -3.16. The Morgan fingerprint density at radius 1 is 0.900 bits per heavy atom. The highest BCUT2D eigenvalue weighted by Gasteiger charge is 2.28. The molecule has 1 amide bonds. The number of piperazine rings is 1. The van der Waals surface area contributed by atoms with Crippen LogP contribution in [0.1, 0.15) is 0 Å². The number of carbonyl (C=O) groups is 1. The van der Waals surface area contributed by atoms with Crippen LogP contribution in [-0.2, 0) is 14.8 Å². The van der Waals surface area contributed by atoms with Gasteiger partial charge in [0, 0.05) is 37.6 Å². The molecule has 0 aromatic heterocycles. The number of anilines is 2. The Labute approximate surface area is 176 Å². The number of sulfonamides is 1. The van der Waals surface area contributed by atoms with Gasteiger partial charge in [-0.15, -0.1) is 0 Å². The second kappa shape index (κ2) is 8.30. The summed E-state index contributed by atoms with van der Waals surface area (Å²) in [6.07, 6.45) is 1.17. The molecule has 0 atom stereocenters. The predicted molar refractivity (Wildman–Crippen MR) is 120 cm³/mol. The van der Waals surface area contributed by atoms with Crippen molar-refractivity contribution in [2.45, 2.75) is 4.90 Å². The average Bonchev–Trinajstić information content (AvgIpc) is 2.79. The summed E-state index contributed by atoms with van der Waals surface area (Å²) in [5, 5.41) is 4.98. The summed E-state index contributed by atoms with van der Waals surface area (Å²) in [6.45, 7) is 5.50. The van der Waals surface area contributed by atoms with Crippen LogP contribution in [0.15, 0.2) is 84.3 Å². The fourth-order valence-electron chi connectivity index (χ4n) is 3.61. The van der Waals surface area contributed by atoms with E-state index in [1.54, 1.807) is 12.1 Å². The van der Waals surface area contributed by atoms with Crippen LogP contribution in [0.2, 0.25) is 0 Å². The number of rotatable bonds is 5. The van der Waals surface area contributed by atoms with Crippen molar-refractivity contribution in [3.05, 3.63) is 79.4 Å². The van der Waals surface area contributed by atoms with Gasteiger partial charge in [-0.05, 0) is 53.2 Å². The highest BCUT2D eigenvalue weighted by molar-refractivity contribution is 7.89. The smallest absolute Gasteiger partial charge is 0.247 e. The molecule has 30 heavy (non-hydrogen) atoms. The second-order valence-corrected chi connectivity index (χ2v) is 9.08. The number of nitrogens with one attached hydrogen (secondary N) is 1. The first-order valence-corrected chi connectivity index (χ1v) is 11.2. The van der Waals surface area contributed by atoms with E-state index < -0.39 is 10.0 Å². The molecule has 1 saturated heterocycles. The van der Waals surface area contributed by atoms with E-state index in [0.717, 1.165) is 5.69 Å². The molecule has 0 saturated carbocycles. The minimum Gasteiger partial charge on any atom is -0.369 e. The quantitative estimate of drug-likeness (QED) is 0.641. The molecule has 0 spiro atoms. The van der Waals surface area contributed by atoms with Crippen LogP contribution in [0, 0.1) is 0 Å². The van der Waals surface area contributed by atoms with Crippen molar-refractivity contribution in [3.8, 4) is 0 Å². The fraction of sp³-hybridized carbons (Fsp3) is 0.174. The lowest BCUT2D eigenvalue weighted by Crippen LogP contribution is -2.48. The van der Waals surface area contributed by atoms with Gasteiger partial charge < -0.3 is 10.2 Å². The van der Waals surface area contributed by atoms with Crippen LogP contribution in [-0.4, -0.2) is 44.8 Å². The first-order valence-electron chi connectivity index (χ1n) is 9.75. The van der Waals surface area contributed by atoms with Crippen molar-refractivity contribution in [3.63, 3.8) is 0 Å². The summed E-state index contributed by atoms with van der Waals surface area (Å²) in [7, 11) is -3.58. The average molecular weight is 422 g/mol. The number of fused-ring (bicyclic) bond motifs is 1. The molecule has 0 aliphatic carbocycles. The van der Waals surface area contributed by atoms with Crippen LogP contribution in [0.5, 0.6) is 0 Å². The summed E-state index contributed by atoms with van der Waals surface area (Å²) in [4.78, 5) is 13.8. The van der Waals surface area contributed by atoms with Gasteiger partial charge in [0.05, 0.1) is 4.90 Å². The van der Waals surface area contributed by atoms with Gasteiger partial charge in [-0.3, -0.25) is 4.79 Å². The zero-order valence-corrected chi connectivity index (χ0v) is 17.3. The predicted octanol–water partition coefficient (Wildman–Crippen LogP) is 3.48. The largest absolute Gasteiger partial charge is 0.369 e. The highest BCUT2D eigenvalue weighted by atomic mass is 32.2. The number of amides is 1. The van der Waals surface area contributed by atoms with Crippen molar-refractivity contribution in [2.75, 3.05) is 36.4 Å². The molecule has 1 fully saturated rings. The standard InChI is InChI=1S/C23H23N3O3S/c1-2-23(27)24-20-8-11-22(12-9-20)30(28,29)26-15-13-25(14-16-26)21-10-7-18-5-3-4-6-19(18)17-21/h2-12,17H,1,13-16H2,(H,24,27). The zero-order valence-electron chi connectivity index (χ0n) is 16.5. The summed E-state index contributed by atoms with van der Waals surface area (Å²) >= 11 is 0. The van der Waals surface area contributed by atoms with E-state index in [1.165, 1.54) is 33.3 Å². The molecule has 1 aliphatic heterocycles. The Morgan fingerprint density at radius 3 is 2.23 bits per heavy atom. The van der Waals surface area contributed by atoms with E-state index in [2.05, 4.69) is 47.1 Å². The summed E-state index contributed by atoms with van der Waals surface area (Å²) in [5.74, 6) is -0.338. The number of benzene rings is 3. The first kappa shape index (κ1) is 20.1. The second-order valence-electron chi connectivity index (χ2n) is 7.14. The first-order chi connectivity index (χ1) is 14.5. The molecule has 3 aromatic rings. The molecule has 4 rings (SSSR count). The molecule has 7 heteroatoms. The number of hydrogen-bond donors (Lipinski definition) is 1. The maximum Gasteiger partial charge on any atom is 0.247 e. The molecule has 3 aromatic carbocycles. The molecule has 1 heterocycles. The zero-order chi connectivity index (χ0) is 21.1. The normalized spacial score (nSPS) is 15.1. The van der Waals surface area contributed by atoms with Crippen LogP contribution >= 0.6 is 0 Å². The highest BCUT2D eigenvalue weighted by Crippen LogP contribution is 2.25. The Balaban J connectivity index is 1.44. The van der Waals surface area contributed by atoms with E-state index in [-0.39, 0.29) is 10.8 Å². The summed E-state index contributed by atoms with van der Waals surface area (Å²) < 4.78 is 27.5. The monoisotopic (exact) mass is 421 g/mol. The number of carbonyl (C=O) groups excluding carboxylic acids is 1. The van der Waals surface area contributed by atoms with Crippen LogP contribution < -0.4 is 10.2 Å². The topological polar surface area (TPSA) is 69.7 Å². The van der Waals surface area contributed by atoms with Crippen molar-refractivity contribution >= 4 is 38.1 Å². The summed E-state index contributed by atoms with van der Waals surface area (Å²) in [5.41, 5.74) is 1.63. The Morgan fingerprint density at radius 2 is 1.57 bits per heavy atom. The molecule has 1 N–H and O–H groups in total. The van der Waals surface area contributed by atoms with Crippen molar-refractivity contribution < 1.29 is 13.2 Å². The van der Waals surface area contributed by atoms with Gasteiger partial charge in [-0.1, -0.05) is 36.9 Å². The molecular formula is C23H23N3O3S. The Bertz CT molecular complexity index is 1180. The van der Waals surface area contributed by atoms with E-state index >= 15 is 0 Å². The van der Waals surface area contributed by atoms with Gasteiger partial charge >= 0.3 is 0 Å². The third-order valence-corrected chi connectivity index (χ3v) is 7.19. The number of nitrogens with zero attached hydrogens (tertiary/aromatic N) is 2. The van der Waals surface area contributed by atoms with Crippen molar-refractivity contribution in [1.29, 1.82) is 0 Å². The van der Waals surface area contributed by atoms with Crippen LogP contribution in [0.25, 0.3) is 10.8 Å². The van der Waals surface area contributed by atoms with Crippen LogP contribution in [0.3, 0.4) is 0 Å². The van der Waals surface area contributed by atoms with Gasteiger partial charge in [-0.2, -0.15) is 4.31 Å². The molecule has 154 valence electrons. The lowest BCUT2D eigenvalue weighted by Gasteiger charge is -2.35.